The van der Waals surface area contributed by atoms with E-state index in [-0.39, 0.29) is 10.4 Å². The Balaban J connectivity index is 1.75. The van der Waals surface area contributed by atoms with Crippen LogP contribution < -0.4 is 4.72 Å². The van der Waals surface area contributed by atoms with Crippen LogP contribution in [0.5, 0.6) is 0 Å². The minimum absolute atomic E-state index is 0.110. The van der Waals surface area contributed by atoms with E-state index in [1.54, 1.807) is 18.2 Å². The Labute approximate surface area is 153 Å². The summed E-state index contributed by atoms with van der Waals surface area (Å²) in [5.74, 6) is 2.13. The van der Waals surface area contributed by atoms with Crippen molar-refractivity contribution < 1.29 is 13.2 Å². The van der Waals surface area contributed by atoms with Crippen LogP contribution >= 0.6 is 23.4 Å². The molecule has 1 N–H and O–H groups in total. The summed E-state index contributed by atoms with van der Waals surface area (Å²) in [6.07, 6.45) is 1.99. The van der Waals surface area contributed by atoms with Gasteiger partial charge in [-0.2, -0.15) is 11.8 Å². The smallest absolute Gasteiger partial charge is 0.240 e. The molecule has 2 heterocycles. The third kappa shape index (κ3) is 4.26. The molecule has 0 radical (unpaired) electrons. The Morgan fingerprint density at radius 1 is 1.25 bits per heavy atom. The zero-order valence-corrected chi connectivity index (χ0v) is 15.9. The van der Waals surface area contributed by atoms with Gasteiger partial charge in [0.1, 0.15) is 0 Å². The van der Waals surface area contributed by atoms with Crippen molar-refractivity contribution in [1.29, 1.82) is 0 Å². The standard InChI is InChI=1S/C16H23ClN2O3S2/c17-14-2-1-3-15(12-14)24(20,21)18-13-16(4-10-23-11-5-16)19-6-8-22-9-7-19/h1-3,12,18H,4-11,13H2. The first kappa shape index (κ1) is 18.5. The minimum atomic E-state index is -3.56. The third-order valence-electron chi connectivity index (χ3n) is 4.80. The van der Waals surface area contributed by atoms with Gasteiger partial charge in [0.2, 0.25) is 10.0 Å². The average molecular weight is 391 g/mol. The lowest BCUT2D eigenvalue weighted by atomic mass is 9.89. The second-order valence-electron chi connectivity index (χ2n) is 6.22. The van der Waals surface area contributed by atoms with E-state index in [1.165, 1.54) is 6.07 Å². The first-order valence-electron chi connectivity index (χ1n) is 8.18. The van der Waals surface area contributed by atoms with Crippen molar-refractivity contribution in [3.63, 3.8) is 0 Å². The highest BCUT2D eigenvalue weighted by Crippen LogP contribution is 2.33. The zero-order chi connectivity index (χ0) is 17.0. The lowest BCUT2D eigenvalue weighted by Gasteiger charge is -2.48. The molecule has 1 aromatic carbocycles. The normalized spacial score (nSPS) is 22.4. The van der Waals surface area contributed by atoms with Crippen LogP contribution in [0.1, 0.15) is 12.8 Å². The van der Waals surface area contributed by atoms with Gasteiger partial charge in [-0.15, -0.1) is 0 Å². The van der Waals surface area contributed by atoms with Crippen LogP contribution in [0.15, 0.2) is 29.2 Å². The molecule has 0 aromatic heterocycles. The summed E-state index contributed by atoms with van der Waals surface area (Å²) >= 11 is 7.87. The van der Waals surface area contributed by atoms with Gasteiger partial charge in [-0.25, -0.2) is 13.1 Å². The third-order valence-corrected chi connectivity index (χ3v) is 7.42. The van der Waals surface area contributed by atoms with Crippen molar-refractivity contribution in [3.8, 4) is 0 Å². The SMILES string of the molecule is O=S(=O)(NCC1(N2CCOCC2)CCSCC1)c1cccc(Cl)c1. The van der Waals surface area contributed by atoms with Gasteiger partial charge in [-0.3, -0.25) is 4.90 Å². The Hall–Kier alpha value is -0.310. The molecule has 2 aliphatic rings. The van der Waals surface area contributed by atoms with E-state index in [0.29, 0.717) is 11.6 Å². The molecule has 2 saturated heterocycles. The molecule has 24 heavy (non-hydrogen) atoms. The molecule has 0 atom stereocenters. The van der Waals surface area contributed by atoms with Gasteiger partial charge in [-0.1, -0.05) is 17.7 Å². The highest BCUT2D eigenvalue weighted by atomic mass is 35.5. The molecule has 3 rings (SSSR count). The van der Waals surface area contributed by atoms with Gasteiger partial charge in [0.15, 0.2) is 0 Å². The van der Waals surface area contributed by atoms with Crippen LogP contribution in [0, 0.1) is 0 Å². The summed E-state index contributed by atoms with van der Waals surface area (Å²) < 4.78 is 33.6. The Morgan fingerprint density at radius 2 is 1.96 bits per heavy atom. The predicted molar refractivity (Wildman–Crippen MR) is 98.3 cm³/mol. The number of sulfonamides is 1. The van der Waals surface area contributed by atoms with E-state index >= 15 is 0 Å². The van der Waals surface area contributed by atoms with Gasteiger partial charge in [0.05, 0.1) is 18.1 Å². The number of rotatable bonds is 5. The van der Waals surface area contributed by atoms with E-state index in [2.05, 4.69) is 9.62 Å². The fourth-order valence-corrected chi connectivity index (χ4v) is 6.01. The molecule has 0 unspecified atom stereocenters. The van der Waals surface area contributed by atoms with Crippen LogP contribution in [0.2, 0.25) is 5.02 Å². The van der Waals surface area contributed by atoms with E-state index in [9.17, 15) is 8.42 Å². The number of ether oxygens (including phenoxy) is 1. The number of benzene rings is 1. The van der Waals surface area contributed by atoms with Gasteiger partial charge in [0.25, 0.3) is 0 Å². The van der Waals surface area contributed by atoms with Crippen LogP contribution in [0.25, 0.3) is 0 Å². The summed E-state index contributed by atoms with van der Waals surface area (Å²) in [5, 5.41) is 0.426. The van der Waals surface area contributed by atoms with Crippen LogP contribution in [-0.4, -0.2) is 63.2 Å². The summed E-state index contributed by atoms with van der Waals surface area (Å²) in [6.45, 7) is 3.60. The zero-order valence-electron chi connectivity index (χ0n) is 13.5. The quantitative estimate of drug-likeness (QED) is 0.835. The van der Waals surface area contributed by atoms with Gasteiger partial charge < -0.3 is 4.74 Å². The molecule has 5 nitrogen and oxygen atoms in total. The van der Waals surface area contributed by atoms with Crippen LogP contribution in [0.3, 0.4) is 0 Å². The molecule has 2 aliphatic heterocycles. The molecule has 1 aromatic rings. The maximum absolute atomic E-state index is 12.6. The van der Waals surface area contributed by atoms with E-state index in [0.717, 1.165) is 50.7 Å². The Bertz CT molecular complexity index is 657. The molecule has 8 heteroatoms. The minimum Gasteiger partial charge on any atom is -0.379 e. The average Bonchev–Trinajstić information content (AvgIpc) is 2.62. The largest absolute Gasteiger partial charge is 0.379 e. The molecule has 0 aliphatic carbocycles. The lowest BCUT2D eigenvalue weighted by Crippen LogP contribution is -2.60. The number of hydrogen-bond acceptors (Lipinski definition) is 5. The van der Waals surface area contributed by atoms with Crippen molar-refractivity contribution in [2.75, 3.05) is 44.4 Å². The lowest BCUT2D eigenvalue weighted by molar-refractivity contribution is -0.0242. The number of thioether (sulfide) groups is 1. The van der Waals surface area contributed by atoms with Crippen LogP contribution in [-0.2, 0) is 14.8 Å². The van der Waals surface area contributed by atoms with Crippen LogP contribution in [0.4, 0.5) is 0 Å². The van der Waals surface area contributed by atoms with Crippen molar-refractivity contribution >= 4 is 33.4 Å². The molecular weight excluding hydrogens is 368 g/mol. The molecule has 2 fully saturated rings. The van der Waals surface area contributed by atoms with Crippen molar-refractivity contribution in [2.45, 2.75) is 23.3 Å². The summed E-state index contributed by atoms with van der Waals surface area (Å²) in [6, 6.07) is 6.40. The van der Waals surface area contributed by atoms with Crippen molar-refractivity contribution in [3.05, 3.63) is 29.3 Å². The second kappa shape index (κ2) is 7.93. The maximum Gasteiger partial charge on any atom is 0.240 e. The number of hydrogen-bond donors (Lipinski definition) is 1. The van der Waals surface area contributed by atoms with Gasteiger partial charge >= 0.3 is 0 Å². The van der Waals surface area contributed by atoms with Crippen molar-refractivity contribution in [1.82, 2.24) is 9.62 Å². The molecule has 0 bridgehead atoms. The first-order valence-corrected chi connectivity index (χ1v) is 11.2. The second-order valence-corrected chi connectivity index (χ2v) is 9.65. The number of nitrogens with one attached hydrogen (secondary N) is 1. The fourth-order valence-electron chi connectivity index (χ4n) is 3.34. The number of morpholine rings is 1. The molecular formula is C16H23ClN2O3S2. The molecule has 0 amide bonds. The molecule has 0 spiro atoms. The number of halogens is 1. The highest BCUT2D eigenvalue weighted by molar-refractivity contribution is 7.99. The Kier molecular flexibility index (Phi) is 6.11. The molecule has 134 valence electrons. The van der Waals surface area contributed by atoms with Gasteiger partial charge in [-0.05, 0) is 42.5 Å². The fraction of sp³-hybridized carbons (Fsp3) is 0.625. The first-order chi connectivity index (χ1) is 11.5. The predicted octanol–water partition coefficient (Wildman–Crippen LogP) is 2.22. The summed E-state index contributed by atoms with van der Waals surface area (Å²) in [5.41, 5.74) is -0.110. The van der Waals surface area contributed by atoms with E-state index in [4.69, 9.17) is 16.3 Å². The monoisotopic (exact) mass is 390 g/mol. The maximum atomic E-state index is 12.6. The van der Waals surface area contributed by atoms with Gasteiger partial charge in [0, 0.05) is 30.2 Å². The van der Waals surface area contributed by atoms with E-state index in [1.807, 2.05) is 11.8 Å². The summed E-state index contributed by atoms with van der Waals surface area (Å²) in [4.78, 5) is 2.63. The summed E-state index contributed by atoms with van der Waals surface area (Å²) in [7, 11) is -3.56. The molecule has 0 saturated carbocycles. The highest BCUT2D eigenvalue weighted by Gasteiger charge is 2.39. The van der Waals surface area contributed by atoms with Crippen molar-refractivity contribution in [2.24, 2.45) is 0 Å². The Morgan fingerprint density at radius 3 is 2.62 bits per heavy atom. The van der Waals surface area contributed by atoms with E-state index < -0.39 is 10.0 Å². The topological polar surface area (TPSA) is 58.6 Å². The number of nitrogens with zero attached hydrogens (tertiary/aromatic N) is 1.